The van der Waals surface area contributed by atoms with Crippen molar-refractivity contribution in [1.29, 1.82) is 0 Å². The molecule has 0 spiro atoms. The zero-order chi connectivity index (χ0) is 21.7. The molecule has 9 heteroatoms. The number of sulfone groups is 1. The van der Waals surface area contributed by atoms with Gasteiger partial charge in [-0.15, -0.1) is 5.10 Å². The Morgan fingerprint density at radius 2 is 1.61 bits per heavy atom. The van der Waals surface area contributed by atoms with Crippen molar-refractivity contribution in [2.24, 2.45) is 0 Å². The van der Waals surface area contributed by atoms with Crippen LogP contribution in [0.3, 0.4) is 0 Å². The smallest absolute Gasteiger partial charge is 0.175 e. The summed E-state index contributed by atoms with van der Waals surface area (Å²) >= 11 is 0. The second kappa shape index (κ2) is 9.51. The predicted molar refractivity (Wildman–Crippen MR) is 119 cm³/mol. The van der Waals surface area contributed by atoms with Gasteiger partial charge >= 0.3 is 0 Å². The average molecular weight is 439 g/mol. The summed E-state index contributed by atoms with van der Waals surface area (Å²) in [7, 11) is -3.23. The van der Waals surface area contributed by atoms with Crippen LogP contribution in [-0.2, 0) is 16.4 Å². The van der Waals surface area contributed by atoms with Crippen LogP contribution in [0.5, 0.6) is 0 Å². The lowest BCUT2D eigenvalue weighted by Gasteiger charge is -2.33. The molecular weight excluding hydrogens is 412 g/mol. The molecule has 1 aliphatic rings. The SMILES string of the molecule is CS(=O)(=O)c1ccc(-n2nnnc2CN2CCN(C/C=C/c3ccccc3)CC2)cc1. The van der Waals surface area contributed by atoms with Gasteiger partial charge < -0.3 is 0 Å². The number of benzene rings is 2. The fourth-order valence-electron chi connectivity index (χ4n) is 3.57. The molecule has 8 nitrogen and oxygen atoms in total. The number of aromatic nitrogens is 4. The number of piperazine rings is 1. The van der Waals surface area contributed by atoms with E-state index in [0.29, 0.717) is 6.54 Å². The molecule has 0 saturated carbocycles. The van der Waals surface area contributed by atoms with Gasteiger partial charge in [-0.1, -0.05) is 42.5 Å². The first-order valence-electron chi connectivity index (χ1n) is 10.2. The molecule has 0 atom stereocenters. The molecule has 0 aliphatic carbocycles. The lowest BCUT2D eigenvalue weighted by molar-refractivity contribution is 0.134. The van der Waals surface area contributed by atoms with Crippen LogP contribution < -0.4 is 0 Å². The van der Waals surface area contributed by atoms with Gasteiger partial charge in [0.25, 0.3) is 0 Å². The van der Waals surface area contributed by atoms with Crippen molar-refractivity contribution >= 4 is 15.9 Å². The van der Waals surface area contributed by atoms with Crippen LogP contribution >= 0.6 is 0 Å². The monoisotopic (exact) mass is 438 g/mol. The van der Waals surface area contributed by atoms with Gasteiger partial charge in [0.1, 0.15) is 0 Å². The topological polar surface area (TPSA) is 84.2 Å². The van der Waals surface area contributed by atoms with E-state index >= 15 is 0 Å². The number of hydrogen-bond donors (Lipinski definition) is 0. The van der Waals surface area contributed by atoms with Crippen LogP contribution in [0, 0.1) is 0 Å². The van der Waals surface area contributed by atoms with Gasteiger partial charge in [0.05, 0.1) is 17.1 Å². The first-order chi connectivity index (χ1) is 15.0. The molecule has 3 aromatic rings. The molecule has 0 bridgehead atoms. The minimum absolute atomic E-state index is 0.281. The van der Waals surface area contributed by atoms with Crippen molar-refractivity contribution < 1.29 is 8.42 Å². The lowest BCUT2D eigenvalue weighted by Crippen LogP contribution is -2.46. The van der Waals surface area contributed by atoms with E-state index in [2.05, 4.69) is 49.6 Å². The first-order valence-corrected chi connectivity index (χ1v) is 12.1. The first kappa shape index (κ1) is 21.4. The Morgan fingerprint density at radius 3 is 2.29 bits per heavy atom. The van der Waals surface area contributed by atoms with E-state index in [9.17, 15) is 8.42 Å². The number of tetrazole rings is 1. The van der Waals surface area contributed by atoms with E-state index in [1.54, 1.807) is 28.9 Å². The van der Waals surface area contributed by atoms with Crippen molar-refractivity contribution in [3.63, 3.8) is 0 Å². The van der Waals surface area contributed by atoms with Gasteiger partial charge in [0, 0.05) is 39.0 Å². The van der Waals surface area contributed by atoms with E-state index in [1.807, 2.05) is 18.2 Å². The molecular formula is C22H26N6O2S. The molecule has 1 aromatic heterocycles. The lowest BCUT2D eigenvalue weighted by atomic mass is 10.2. The second-order valence-corrected chi connectivity index (χ2v) is 9.68. The van der Waals surface area contributed by atoms with Gasteiger partial charge in [0.15, 0.2) is 15.7 Å². The molecule has 1 aliphatic heterocycles. The third-order valence-corrected chi connectivity index (χ3v) is 6.48. The standard InChI is InChI=1S/C22H26N6O2S/c1-31(29,30)21-11-9-20(10-12-21)28-22(23-24-25-28)18-27-16-14-26(15-17-27)13-5-8-19-6-3-2-4-7-19/h2-12H,13-18H2,1H3/b8-5+. The fourth-order valence-corrected chi connectivity index (χ4v) is 4.20. The quantitative estimate of drug-likeness (QED) is 0.557. The van der Waals surface area contributed by atoms with Crippen molar-refractivity contribution in [2.45, 2.75) is 11.4 Å². The predicted octanol–water partition coefficient (Wildman–Crippen LogP) is 1.90. The van der Waals surface area contributed by atoms with Gasteiger partial charge in [-0.05, 0) is 40.3 Å². The Kier molecular flexibility index (Phi) is 6.55. The third-order valence-electron chi connectivity index (χ3n) is 5.35. The molecule has 31 heavy (non-hydrogen) atoms. The van der Waals surface area contributed by atoms with Gasteiger partial charge in [-0.2, -0.15) is 4.68 Å². The molecule has 2 aromatic carbocycles. The normalized spacial score (nSPS) is 16.2. The maximum absolute atomic E-state index is 11.7. The van der Waals surface area contributed by atoms with Crippen molar-refractivity contribution in [3.8, 4) is 5.69 Å². The largest absolute Gasteiger partial charge is 0.297 e. The van der Waals surface area contributed by atoms with E-state index in [-0.39, 0.29) is 4.90 Å². The number of nitrogens with zero attached hydrogens (tertiary/aromatic N) is 6. The summed E-state index contributed by atoms with van der Waals surface area (Å²) in [5.74, 6) is 0.740. The summed E-state index contributed by atoms with van der Waals surface area (Å²) in [6.07, 6.45) is 5.57. The van der Waals surface area contributed by atoms with Crippen molar-refractivity contribution in [2.75, 3.05) is 39.0 Å². The molecule has 1 saturated heterocycles. The third kappa shape index (κ3) is 5.63. The maximum atomic E-state index is 11.7. The van der Waals surface area contributed by atoms with Crippen LogP contribution in [0.15, 0.2) is 65.6 Å². The van der Waals surface area contributed by atoms with E-state index < -0.39 is 9.84 Å². The minimum atomic E-state index is -3.23. The summed E-state index contributed by atoms with van der Waals surface area (Å²) in [4.78, 5) is 5.05. The number of rotatable bonds is 7. The van der Waals surface area contributed by atoms with Gasteiger partial charge in [-0.3, -0.25) is 9.80 Å². The van der Waals surface area contributed by atoms with Gasteiger partial charge in [-0.25, -0.2) is 8.42 Å². The molecule has 1 fully saturated rings. The molecule has 0 unspecified atom stereocenters. The molecule has 0 amide bonds. The Morgan fingerprint density at radius 1 is 0.935 bits per heavy atom. The highest BCUT2D eigenvalue weighted by Crippen LogP contribution is 2.15. The van der Waals surface area contributed by atoms with Crippen LogP contribution in [-0.4, -0.2) is 77.4 Å². The number of hydrogen-bond acceptors (Lipinski definition) is 7. The second-order valence-electron chi connectivity index (χ2n) is 7.66. The van der Waals surface area contributed by atoms with Crippen LogP contribution in [0.2, 0.25) is 0 Å². The molecule has 0 N–H and O–H groups in total. The highest BCUT2D eigenvalue weighted by molar-refractivity contribution is 7.90. The van der Waals surface area contributed by atoms with E-state index in [4.69, 9.17) is 0 Å². The summed E-state index contributed by atoms with van der Waals surface area (Å²) in [5.41, 5.74) is 1.97. The van der Waals surface area contributed by atoms with E-state index in [1.165, 1.54) is 11.8 Å². The van der Waals surface area contributed by atoms with Crippen LogP contribution in [0.25, 0.3) is 11.8 Å². The Bertz CT molecular complexity index is 1120. The minimum Gasteiger partial charge on any atom is -0.297 e. The Labute approximate surface area is 182 Å². The summed E-state index contributed by atoms with van der Waals surface area (Å²) in [5, 5.41) is 12.1. The zero-order valence-corrected chi connectivity index (χ0v) is 18.3. The van der Waals surface area contributed by atoms with Crippen LogP contribution in [0.4, 0.5) is 0 Å². The van der Waals surface area contributed by atoms with Crippen molar-refractivity contribution in [3.05, 3.63) is 72.1 Å². The van der Waals surface area contributed by atoms with E-state index in [0.717, 1.165) is 44.2 Å². The molecule has 2 heterocycles. The summed E-state index contributed by atoms with van der Waals surface area (Å²) in [6, 6.07) is 17.0. The van der Waals surface area contributed by atoms with Gasteiger partial charge in [0.2, 0.25) is 0 Å². The summed E-state index contributed by atoms with van der Waals surface area (Å²) < 4.78 is 25.0. The Hall–Kier alpha value is -2.88. The molecule has 162 valence electrons. The molecule has 0 radical (unpaired) electrons. The van der Waals surface area contributed by atoms with Crippen LogP contribution in [0.1, 0.15) is 11.4 Å². The summed E-state index contributed by atoms with van der Waals surface area (Å²) in [6.45, 7) is 5.45. The maximum Gasteiger partial charge on any atom is 0.175 e. The highest BCUT2D eigenvalue weighted by atomic mass is 32.2. The fraction of sp³-hybridized carbons (Fsp3) is 0.318. The Balaban J connectivity index is 1.31. The average Bonchev–Trinajstić information content (AvgIpc) is 3.23. The highest BCUT2D eigenvalue weighted by Gasteiger charge is 2.19. The van der Waals surface area contributed by atoms with Crippen molar-refractivity contribution in [1.82, 2.24) is 30.0 Å². The zero-order valence-electron chi connectivity index (χ0n) is 17.5. The molecule has 4 rings (SSSR count).